The molecule has 0 atom stereocenters. The summed E-state index contributed by atoms with van der Waals surface area (Å²) in [6, 6.07) is 1.97. The Morgan fingerprint density at radius 2 is 2.12 bits per heavy atom. The first-order valence-corrected chi connectivity index (χ1v) is 4.90. The van der Waals surface area contributed by atoms with Gasteiger partial charge in [-0.2, -0.15) is 13.2 Å². The summed E-state index contributed by atoms with van der Waals surface area (Å²) in [6.45, 7) is 0. The molecule has 2 heterocycles. The van der Waals surface area contributed by atoms with Crippen molar-refractivity contribution in [1.82, 2.24) is 4.98 Å². The number of rotatable bonds is 1. The molecule has 0 spiro atoms. The Bertz CT molecular complexity index is 561. The normalized spacial score (nSPS) is 11.9. The first-order chi connectivity index (χ1) is 7.39. The van der Waals surface area contributed by atoms with Gasteiger partial charge in [-0.25, -0.2) is 4.79 Å². The number of halogens is 3. The molecule has 0 radical (unpaired) electrons. The maximum absolute atomic E-state index is 12.6. The highest BCUT2D eigenvalue weighted by Crippen LogP contribution is 2.37. The number of pyridine rings is 1. The van der Waals surface area contributed by atoms with Crippen LogP contribution in [-0.4, -0.2) is 16.1 Å². The minimum atomic E-state index is -4.50. The third-order valence-electron chi connectivity index (χ3n) is 1.93. The van der Waals surface area contributed by atoms with Crippen LogP contribution in [0.3, 0.4) is 0 Å². The average Bonchev–Trinajstić information content (AvgIpc) is 2.58. The fourth-order valence-corrected chi connectivity index (χ4v) is 2.25. The van der Waals surface area contributed by atoms with E-state index in [0.29, 0.717) is 11.3 Å². The van der Waals surface area contributed by atoms with Crippen LogP contribution in [0.25, 0.3) is 10.2 Å². The summed E-state index contributed by atoms with van der Waals surface area (Å²) in [5.41, 5.74) is -0.799. The van der Waals surface area contributed by atoms with E-state index in [1.54, 1.807) is 0 Å². The second kappa shape index (κ2) is 3.44. The topological polar surface area (TPSA) is 50.2 Å². The SMILES string of the molecule is O=C(O)c1cc2nccc(C(F)(F)F)c2s1. The smallest absolute Gasteiger partial charge is 0.417 e. The molecular formula is C9H4F3NO2S. The van der Waals surface area contributed by atoms with E-state index >= 15 is 0 Å². The molecule has 2 rings (SSSR count). The number of carbonyl (C=O) groups is 1. The van der Waals surface area contributed by atoms with Crippen LogP contribution in [0.2, 0.25) is 0 Å². The van der Waals surface area contributed by atoms with Crippen molar-refractivity contribution in [2.45, 2.75) is 6.18 Å². The van der Waals surface area contributed by atoms with Crippen LogP contribution in [0, 0.1) is 0 Å². The average molecular weight is 247 g/mol. The van der Waals surface area contributed by atoms with E-state index in [-0.39, 0.29) is 15.1 Å². The van der Waals surface area contributed by atoms with Crippen LogP contribution in [-0.2, 0) is 6.18 Å². The lowest BCUT2D eigenvalue weighted by Crippen LogP contribution is -2.04. The van der Waals surface area contributed by atoms with Crippen LogP contribution in [0.15, 0.2) is 18.3 Å². The second-order valence-corrected chi connectivity index (χ2v) is 4.04. The molecule has 0 amide bonds. The Labute approximate surface area is 91.2 Å². The first-order valence-electron chi connectivity index (χ1n) is 4.08. The molecule has 0 bridgehead atoms. The Morgan fingerprint density at radius 3 is 2.69 bits per heavy atom. The number of nitrogens with zero attached hydrogens (tertiary/aromatic N) is 1. The van der Waals surface area contributed by atoms with Crippen molar-refractivity contribution in [3.63, 3.8) is 0 Å². The third-order valence-corrected chi connectivity index (χ3v) is 3.07. The maximum Gasteiger partial charge on any atom is 0.417 e. The van der Waals surface area contributed by atoms with E-state index in [4.69, 9.17) is 5.11 Å². The van der Waals surface area contributed by atoms with Crippen molar-refractivity contribution in [3.05, 3.63) is 28.8 Å². The zero-order valence-corrected chi connectivity index (χ0v) is 8.39. The van der Waals surface area contributed by atoms with Gasteiger partial charge in [-0.3, -0.25) is 4.98 Å². The summed E-state index contributed by atoms with van der Waals surface area (Å²) in [4.78, 5) is 14.2. The summed E-state index contributed by atoms with van der Waals surface area (Å²) in [5.74, 6) is -1.25. The molecular weight excluding hydrogens is 243 g/mol. The quantitative estimate of drug-likeness (QED) is 0.842. The van der Waals surface area contributed by atoms with Gasteiger partial charge in [0.2, 0.25) is 0 Å². The highest BCUT2D eigenvalue weighted by Gasteiger charge is 2.33. The highest BCUT2D eigenvalue weighted by atomic mass is 32.1. The van der Waals surface area contributed by atoms with Crippen LogP contribution in [0.1, 0.15) is 15.2 Å². The lowest BCUT2D eigenvalue weighted by Gasteiger charge is -2.06. The zero-order chi connectivity index (χ0) is 11.9. The number of hydrogen-bond acceptors (Lipinski definition) is 3. The van der Waals surface area contributed by atoms with Crippen molar-refractivity contribution in [2.24, 2.45) is 0 Å². The summed E-state index contributed by atoms with van der Waals surface area (Å²) in [5, 5.41) is 8.68. The Morgan fingerprint density at radius 1 is 1.44 bits per heavy atom. The molecule has 1 N–H and O–H groups in total. The number of carboxylic acids is 1. The predicted molar refractivity (Wildman–Crippen MR) is 51.6 cm³/mol. The summed E-state index contributed by atoms with van der Waals surface area (Å²) in [7, 11) is 0. The number of aromatic nitrogens is 1. The third kappa shape index (κ3) is 1.73. The summed E-state index contributed by atoms with van der Waals surface area (Å²) in [6.07, 6.45) is -3.48. The molecule has 0 aliphatic carbocycles. The van der Waals surface area contributed by atoms with Gasteiger partial charge in [0, 0.05) is 6.20 Å². The zero-order valence-electron chi connectivity index (χ0n) is 7.58. The van der Waals surface area contributed by atoms with Crippen molar-refractivity contribution in [1.29, 1.82) is 0 Å². The fourth-order valence-electron chi connectivity index (χ4n) is 1.27. The molecule has 0 saturated carbocycles. The number of alkyl halides is 3. The molecule has 0 unspecified atom stereocenters. The lowest BCUT2D eigenvalue weighted by molar-refractivity contribution is -0.136. The molecule has 7 heteroatoms. The number of thiophene rings is 1. The van der Waals surface area contributed by atoms with Gasteiger partial charge in [0.25, 0.3) is 0 Å². The molecule has 0 saturated heterocycles. The highest BCUT2D eigenvalue weighted by molar-refractivity contribution is 7.20. The fraction of sp³-hybridized carbons (Fsp3) is 0.111. The number of fused-ring (bicyclic) bond motifs is 1. The van der Waals surface area contributed by atoms with E-state index in [2.05, 4.69) is 4.98 Å². The van der Waals surface area contributed by atoms with Gasteiger partial charge in [-0.15, -0.1) is 11.3 Å². The van der Waals surface area contributed by atoms with Crippen molar-refractivity contribution >= 4 is 27.5 Å². The minimum absolute atomic E-state index is 0.0530. The first kappa shape index (κ1) is 10.9. The van der Waals surface area contributed by atoms with Crippen LogP contribution in [0.4, 0.5) is 13.2 Å². The maximum atomic E-state index is 12.6. The molecule has 2 aromatic rings. The summed E-state index contributed by atoms with van der Waals surface area (Å²) < 4.78 is 37.5. The van der Waals surface area contributed by atoms with Gasteiger partial charge in [0.15, 0.2) is 0 Å². The van der Waals surface area contributed by atoms with Crippen LogP contribution < -0.4 is 0 Å². The van der Waals surface area contributed by atoms with Crippen LogP contribution >= 0.6 is 11.3 Å². The molecule has 0 aromatic carbocycles. The lowest BCUT2D eigenvalue weighted by atomic mass is 10.2. The Kier molecular flexibility index (Phi) is 2.34. The number of hydrogen-bond donors (Lipinski definition) is 1. The van der Waals surface area contributed by atoms with E-state index in [1.165, 1.54) is 0 Å². The molecule has 0 fully saturated rings. The largest absolute Gasteiger partial charge is 0.477 e. The number of aromatic carboxylic acids is 1. The monoisotopic (exact) mass is 247 g/mol. The Balaban J connectivity index is 2.73. The van der Waals surface area contributed by atoms with E-state index in [1.807, 2.05) is 0 Å². The standard InChI is InChI=1S/C9H4F3NO2S/c10-9(11,12)4-1-2-13-5-3-6(8(14)15)16-7(4)5/h1-3H,(H,14,15). The molecule has 0 aliphatic rings. The predicted octanol–water partition coefficient (Wildman–Crippen LogP) is 3.01. The van der Waals surface area contributed by atoms with Crippen molar-refractivity contribution in [3.8, 4) is 0 Å². The van der Waals surface area contributed by atoms with Gasteiger partial charge < -0.3 is 5.11 Å². The van der Waals surface area contributed by atoms with E-state index in [9.17, 15) is 18.0 Å². The van der Waals surface area contributed by atoms with Gasteiger partial charge in [-0.05, 0) is 12.1 Å². The van der Waals surface area contributed by atoms with Crippen molar-refractivity contribution < 1.29 is 23.1 Å². The molecule has 0 aliphatic heterocycles. The van der Waals surface area contributed by atoms with Gasteiger partial charge in [-0.1, -0.05) is 0 Å². The van der Waals surface area contributed by atoms with Crippen molar-refractivity contribution in [2.75, 3.05) is 0 Å². The van der Waals surface area contributed by atoms with Crippen LogP contribution in [0.5, 0.6) is 0 Å². The van der Waals surface area contributed by atoms with E-state index in [0.717, 1.165) is 18.3 Å². The molecule has 84 valence electrons. The molecule has 16 heavy (non-hydrogen) atoms. The van der Waals surface area contributed by atoms with Gasteiger partial charge in [0.05, 0.1) is 15.8 Å². The minimum Gasteiger partial charge on any atom is -0.477 e. The Hall–Kier alpha value is -1.63. The molecule has 2 aromatic heterocycles. The second-order valence-electron chi connectivity index (χ2n) is 2.99. The van der Waals surface area contributed by atoms with Gasteiger partial charge in [0.1, 0.15) is 4.88 Å². The number of carboxylic acid groups (broad SMARTS) is 1. The van der Waals surface area contributed by atoms with E-state index < -0.39 is 17.7 Å². The summed E-state index contributed by atoms with van der Waals surface area (Å²) >= 11 is 0.577. The van der Waals surface area contributed by atoms with Gasteiger partial charge >= 0.3 is 12.1 Å². The molecule has 3 nitrogen and oxygen atoms in total.